The number of carbonyl (C=O) groups excluding carboxylic acids is 2. The van der Waals surface area contributed by atoms with Crippen molar-refractivity contribution in [1.29, 1.82) is 0 Å². The number of halogens is 3. The highest BCUT2D eigenvalue weighted by molar-refractivity contribution is 6.67. The average molecular weight is 353 g/mol. The predicted molar refractivity (Wildman–Crippen MR) is 83.9 cm³/mol. The van der Waals surface area contributed by atoms with Crippen LogP contribution in [0.3, 0.4) is 0 Å². The number of alkyl halides is 3. The van der Waals surface area contributed by atoms with Gasteiger partial charge in [0.2, 0.25) is 0 Å². The van der Waals surface area contributed by atoms with E-state index in [2.05, 4.69) is 5.32 Å². The zero-order chi connectivity index (χ0) is 15.9. The first-order valence-electron chi connectivity index (χ1n) is 6.36. The van der Waals surface area contributed by atoms with Gasteiger partial charge in [-0.1, -0.05) is 53.0 Å². The van der Waals surface area contributed by atoms with Crippen molar-refractivity contribution in [3.63, 3.8) is 0 Å². The van der Waals surface area contributed by atoms with Gasteiger partial charge in [0.15, 0.2) is 3.79 Å². The van der Waals surface area contributed by atoms with Crippen LogP contribution in [0.25, 0.3) is 0 Å². The maximum absolute atomic E-state index is 11.9. The lowest BCUT2D eigenvalue weighted by Crippen LogP contribution is -2.34. The van der Waals surface area contributed by atoms with Crippen LogP contribution in [0.2, 0.25) is 0 Å². The van der Waals surface area contributed by atoms with E-state index in [0.29, 0.717) is 5.56 Å². The second-order valence-corrected chi connectivity index (χ2v) is 7.05. The van der Waals surface area contributed by atoms with Crippen molar-refractivity contribution < 1.29 is 14.3 Å². The van der Waals surface area contributed by atoms with Crippen LogP contribution in [-0.2, 0) is 9.53 Å². The molecule has 1 unspecified atom stereocenters. The summed E-state index contributed by atoms with van der Waals surface area (Å²) in [7, 11) is 0. The summed E-state index contributed by atoms with van der Waals surface area (Å²) in [5.41, 5.74) is 0.536. The van der Waals surface area contributed by atoms with Gasteiger partial charge in [-0.3, -0.25) is 9.59 Å². The van der Waals surface area contributed by atoms with Gasteiger partial charge >= 0.3 is 5.97 Å². The molecule has 0 spiro atoms. The van der Waals surface area contributed by atoms with Gasteiger partial charge in [0.25, 0.3) is 5.91 Å². The van der Waals surface area contributed by atoms with Crippen molar-refractivity contribution in [3.05, 3.63) is 35.9 Å². The third-order valence-electron chi connectivity index (χ3n) is 2.53. The van der Waals surface area contributed by atoms with Crippen LogP contribution < -0.4 is 5.32 Å². The topological polar surface area (TPSA) is 55.4 Å². The number of benzene rings is 1. The molecule has 21 heavy (non-hydrogen) atoms. The molecule has 116 valence electrons. The van der Waals surface area contributed by atoms with E-state index in [-0.39, 0.29) is 31.4 Å². The first-order valence-corrected chi connectivity index (χ1v) is 7.49. The largest absolute Gasteiger partial charge is 0.465 e. The molecule has 0 aliphatic rings. The van der Waals surface area contributed by atoms with Gasteiger partial charge in [0.05, 0.1) is 13.0 Å². The summed E-state index contributed by atoms with van der Waals surface area (Å²) in [6, 6.07) is 8.40. The lowest BCUT2D eigenvalue weighted by atomic mass is 10.2. The lowest BCUT2D eigenvalue weighted by Gasteiger charge is -2.14. The molecule has 0 aliphatic carbocycles. The SMILES string of the molecule is CC(CC(=O)OCCC(Cl)(Cl)Cl)NC(=O)c1ccccc1. The molecule has 4 nitrogen and oxygen atoms in total. The molecule has 0 bridgehead atoms. The van der Waals surface area contributed by atoms with Crippen LogP contribution in [0.15, 0.2) is 30.3 Å². The molecule has 0 radical (unpaired) electrons. The monoisotopic (exact) mass is 351 g/mol. The number of carbonyl (C=O) groups is 2. The molecular formula is C14H16Cl3NO3. The minimum absolute atomic E-state index is 0.0225. The minimum atomic E-state index is -1.44. The Labute approximate surface area is 138 Å². The quantitative estimate of drug-likeness (QED) is 0.630. The summed E-state index contributed by atoms with van der Waals surface area (Å²) < 4.78 is 3.50. The third kappa shape index (κ3) is 8.15. The van der Waals surface area contributed by atoms with Gasteiger partial charge in [-0.15, -0.1) is 0 Å². The molecule has 0 aromatic heterocycles. The van der Waals surface area contributed by atoms with Crippen LogP contribution in [0, 0.1) is 0 Å². The van der Waals surface area contributed by atoms with Crippen molar-refractivity contribution >= 4 is 46.7 Å². The fourth-order valence-corrected chi connectivity index (χ4v) is 1.77. The Kier molecular flexibility index (Phi) is 7.29. The van der Waals surface area contributed by atoms with E-state index in [1.54, 1.807) is 31.2 Å². The molecule has 1 atom stereocenters. The highest BCUT2D eigenvalue weighted by atomic mass is 35.6. The second kappa shape index (κ2) is 8.47. The smallest absolute Gasteiger partial charge is 0.307 e. The van der Waals surface area contributed by atoms with Crippen LogP contribution >= 0.6 is 34.8 Å². The van der Waals surface area contributed by atoms with Crippen molar-refractivity contribution in [2.24, 2.45) is 0 Å². The van der Waals surface area contributed by atoms with Gasteiger partial charge in [0, 0.05) is 18.0 Å². The fourth-order valence-electron chi connectivity index (χ4n) is 1.54. The highest BCUT2D eigenvalue weighted by Crippen LogP contribution is 2.29. The van der Waals surface area contributed by atoms with E-state index in [0.717, 1.165) is 0 Å². The Morgan fingerprint density at radius 1 is 1.24 bits per heavy atom. The molecular weight excluding hydrogens is 337 g/mol. The number of rotatable bonds is 6. The molecule has 1 N–H and O–H groups in total. The molecule has 0 fully saturated rings. The normalized spacial score (nSPS) is 12.6. The molecule has 1 aromatic carbocycles. The van der Waals surface area contributed by atoms with E-state index >= 15 is 0 Å². The standard InChI is InChI=1S/C14H16Cl3NO3/c1-10(9-12(19)21-8-7-14(15,16)17)18-13(20)11-5-3-2-4-6-11/h2-6,10H,7-9H2,1H3,(H,18,20). The molecule has 1 amide bonds. The zero-order valence-corrected chi connectivity index (χ0v) is 13.7. The Bertz CT molecular complexity index is 474. The summed E-state index contributed by atoms with van der Waals surface area (Å²) in [6.45, 7) is 1.74. The van der Waals surface area contributed by atoms with E-state index in [1.165, 1.54) is 0 Å². The first-order chi connectivity index (χ1) is 9.78. The van der Waals surface area contributed by atoms with E-state index in [9.17, 15) is 9.59 Å². The summed E-state index contributed by atoms with van der Waals surface area (Å²) in [5.74, 6) is -0.692. The van der Waals surface area contributed by atoms with Crippen LogP contribution in [0.5, 0.6) is 0 Å². The third-order valence-corrected chi connectivity index (χ3v) is 3.10. The lowest BCUT2D eigenvalue weighted by molar-refractivity contribution is -0.144. The average Bonchev–Trinajstić information content (AvgIpc) is 2.37. The Balaban J connectivity index is 2.31. The number of amides is 1. The molecule has 0 saturated heterocycles. The Hall–Kier alpha value is -0.970. The maximum atomic E-state index is 11.9. The Morgan fingerprint density at radius 3 is 2.43 bits per heavy atom. The van der Waals surface area contributed by atoms with Crippen molar-refractivity contribution in [2.45, 2.75) is 29.6 Å². The molecule has 7 heteroatoms. The van der Waals surface area contributed by atoms with E-state index in [4.69, 9.17) is 39.5 Å². The highest BCUT2D eigenvalue weighted by Gasteiger charge is 2.20. The fraction of sp³-hybridized carbons (Fsp3) is 0.429. The first kappa shape index (κ1) is 18.1. The summed E-state index contributed by atoms with van der Waals surface area (Å²) in [6.07, 6.45) is 0.173. The number of hydrogen-bond acceptors (Lipinski definition) is 3. The molecule has 0 aliphatic heterocycles. The van der Waals surface area contributed by atoms with Gasteiger partial charge in [0.1, 0.15) is 0 Å². The van der Waals surface area contributed by atoms with Crippen LogP contribution in [-0.4, -0.2) is 28.3 Å². The van der Waals surface area contributed by atoms with Crippen LogP contribution in [0.4, 0.5) is 0 Å². The number of esters is 1. The number of nitrogens with one attached hydrogen (secondary N) is 1. The van der Waals surface area contributed by atoms with Gasteiger partial charge in [-0.25, -0.2) is 0 Å². The van der Waals surface area contributed by atoms with Crippen molar-refractivity contribution in [3.8, 4) is 0 Å². The summed E-state index contributed by atoms with van der Waals surface area (Å²) in [5, 5.41) is 2.72. The predicted octanol–water partition coefficient (Wildman–Crippen LogP) is 3.50. The van der Waals surface area contributed by atoms with Crippen molar-refractivity contribution in [1.82, 2.24) is 5.32 Å². The van der Waals surface area contributed by atoms with Crippen LogP contribution in [0.1, 0.15) is 30.1 Å². The summed E-state index contributed by atoms with van der Waals surface area (Å²) >= 11 is 16.6. The number of ether oxygens (including phenoxy) is 1. The minimum Gasteiger partial charge on any atom is -0.465 e. The number of hydrogen-bond donors (Lipinski definition) is 1. The van der Waals surface area contributed by atoms with Gasteiger partial charge in [-0.2, -0.15) is 0 Å². The van der Waals surface area contributed by atoms with E-state index < -0.39 is 9.76 Å². The van der Waals surface area contributed by atoms with Gasteiger partial charge < -0.3 is 10.1 Å². The maximum Gasteiger partial charge on any atom is 0.307 e. The zero-order valence-electron chi connectivity index (χ0n) is 11.4. The second-order valence-electron chi connectivity index (χ2n) is 4.53. The molecule has 0 heterocycles. The molecule has 0 saturated carbocycles. The van der Waals surface area contributed by atoms with Crippen molar-refractivity contribution in [2.75, 3.05) is 6.61 Å². The molecule has 1 rings (SSSR count). The van der Waals surface area contributed by atoms with E-state index in [1.807, 2.05) is 6.07 Å². The van der Waals surface area contributed by atoms with Gasteiger partial charge in [-0.05, 0) is 19.1 Å². The Morgan fingerprint density at radius 2 is 1.86 bits per heavy atom. The molecule has 1 aromatic rings. The summed E-state index contributed by atoms with van der Waals surface area (Å²) in [4.78, 5) is 23.4.